The summed E-state index contributed by atoms with van der Waals surface area (Å²) >= 11 is 0. The molecule has 0 saturated heterocycles. The first kappa shape index (κ1) is 14.4. The summed E-state index contributed by atoms with van der Waals surface area (Å²) in [7, 11) is 1.78. The fourth-order valence-corrected chi connectivity index (χ4v) is 1.58. The number of halogens is 1. The van der Waals surface area contributed by atoms with Gasteiger partial charge in [-0.2, -0.15) is 0 Å². The first-order chi connectivity index (χ1) is 8.69. The van der Waals surface area contributed by atoms with Crippen molar-refractivity contribution >= 4 is 5.91 Å². The summed E-state index contributed by atoms with van der Waals surface area (Å²) in [6.07, 6.45) is 0.223. The first-order valence-electron chi connectivity index (χ1n) is 6.00. The quantitative estimate of drug-likeness (QED) is 0.774. The summed E-state index contributed by atoms with van der Waals surface area (Å²) in [4.78, 5) is 11.2. The zero-order chi connectivity index (χ0) is 13.4. The Bertz CT molecular complexity index is 397. The molecule has 1 aromatic carbocycles. The van der Waals surface area contributed by atoms with Crippen molar-refractivity contribution in [2.75, 3.05) is 20.2 Å². The summed E-state index contributed by atoms with van der Waals surface area (Å²) in [5.74, 6) is -0.279. The van der Waals surface area contributed by atoms with Gasteiger partial charge in [-0.15, -0.1) is 0 Å². The fourth-order valence-electron chi connectivity index (χ4n) is 1.58. The van der Waals surface area contributed by atoms with Crippen LogP contribution in [-0.2, 0) is 11.3 Å². The smallest absolute Gasteiger partial charge is 0.223 e. The molecule has 4 nitrogen and oxygen atoms in total. The minimum Gasteiger partial charge on any atom is -0.490 e. The van der Waals surface area contributed by atoms with E-state index in [1.807, 2.05) is 6.92 Å². The van der Waals surface area contributed by atoms with Gasteiger partial charge in [-0.1, -0.05) is 12.1 Å². The summed E-state index contributed by atoms with van der Waals surface area (Å²) < 4.78 is 19.0. The molecule has 0 saturated carbocycles. The van der Waals surface area contributed by atoms with E-state index in [9.17, 15) is 9.18 Å². The number of hydrogen-bond acceptors (Lipinski definition) is 3. The maximum Gasteiger partial charge on any atom is 0.223 e. The predicted molar refractivity (Wildman–Crippen MR) is 68.0 cm³/mol. The van der Waals surface area contributed by atoms with Crippen molar-refractivity contribution < 1.29 is 13.9 Å². The molecule has 18 heavy (non-hydrogen) atoms. The van der Waals surface area contributed by atoms with Gasteiger partial charge in [0.25, 0.3) is 0 Å². The highest BCUT2D eigenvalue weighted by Gasteiger charge is 2.09. The molecular formula is C13H19FN2O2. The summed E-state index contributed by atoms with van der Waals surface area (Å²) in [6, 6.07) is 4.78. The molecule has 100 valence electrons. The number of nitrogens with one attached hydrogen (secondary N) is 2. The molecule has 1 amide bonds. The molecule has 0 unspecified atom stereocenters. The summed E-state index contributed by atoms with van der Waals surface area (Å²) in [5, 5.41) is 5.61. The topological polar surface area (TPSA) is 50.4 Å². The molecule has 0 atom stereocenters. The lowest BCUT2D eigenvalue weighted by Crippen LogP contribution is -2.24. The average Bonchev–Trinajstić information content (AvgIpc) is 2.33. The van der Waals surface area contributed by atoms with Gasteiger partial charge in [0, 0.05) is 18.7 Å². The van der Waals surface area contributed by atoms with Crippen LogP contribution in [0.15, 0.2) is 18.2 Å². The Balaban J connectivity index is 2.57. The van der Waals surface area contributed by atoms with Crippen LogP contribution in [0.2, 0.25) is 0 Å². The number of rotatable bonds is 7. The van der Waals surface area contributed by atoms with Crippen LogP contribution in [0.5, 0.6) is 5.75 Å². The number of ether oxygens (including phenoxy) is 1. The first-order valence-corrected chi connectivity index (χ1v) is 6.00. The third-order valence-corrected chi connectivity index (χ3v) is 2.37. The van der Waals surface area contributed by atoms with Gasteiger partial charge in [-0.25, -0.2) is 4.39 Å². The molecule has 1 rings (SSSR count). The van der Waals surface area contributed by atoms with E-state index in [1.165, 1.54) is 6.07 Å². The van der Waals surface area contributed by atoms with Crippen molar-refractivity contribution in [3.63, 3.8) is 0 Å². The van der Waals surface area contributed by atoms with Gasteiger partial charge in [0.1, 0.15) is 0 Å². The summed E-state index contributed by atoms with van der Waals surface area (Å²) in [5.41, 5.74) is 0.744. The molecule has 0 fully saturated rings. The summed E-state index contributed by atoms with van der Waals surface area (Å²) in [6.45, 7) is 3.13. The molecule has 0 bridgehead atoms. The Morgan fingerprint density at radius 3 is 2.89 bits per heavy atom. The molecular weight excluding hydrogens is 235 g/mol. The minimum absolute atomic E-state index is 0.0935. The molecule has 0 aliphatic carbocycles. The standard InChI is InChI=1S/C13H19FN2O2/c1-3-16-12(17)7-8-18-13-10(9-15-2)5-4-6-11(13)14/h4-6,15H,3,7-9H2,1-2H3,(H,16,17). The second kappa shape index (κ2) is 7.66. The molecule has 0 heterocycles. The van der Waals surface area contributed by atoms with E-state index in [4.69, 9.17) is 4.74 Å². The van der Waals surface area contributed by atoms with Crippen LogP contribution in [-0.4, -0.2) is 26.1 Å². The number of para-hydroxylation sites is 1. The Morgan fingerprint density at radius 1 is 1.44 bits per heavy atom. The third kappa shape index (κ3) is 4.33. The lowest BCUT2D eigenvalue weighted by Gasteiger charge is -2.12. The van der Waals surface area contributed by atoms with E-state index in [-0.39, 0.29) is 24.7 Å². The van der Waals surface area contributed by atoms with E-state index < -0.39 is 5.82 Å². The average molecular weight is 254 g/mol. The van der Waals surface area contributed by atoms with Crippen LogP contribution >= 0.6 is 0 Å². The molecule has 0 aliphatic rings. The van der Waals surface area contributed by atoms with Gasteiger partial charge in [-0.05, 0) is 20.0 Å². The molecule has 5 heteroatoms. The van der Waals surface area contributed by atoms with Crippen LogP contribution < -0.4 is 15.4 Å². The van der Waals surface area contributed by atoms with Crippen molar-refractivity contribution in [1.29, 1.82) is 0 Å². The van der Waals surface area contributed by atoms with Gasteiger partial charge in [0.15, 0.2) is 11.6 Å². The van der Waals surface area contributed by atoms with Crippen LogP contribution in [0.25, 0.3) is 0 Å². The van der Waals surface area contributed by atoms with Crippen molar-refractivity contribution in [3.05, 3.63) is 29.6 Å². The zero-order valence-corrected chi connectivity index (χ0v) is 10.8. The number of carbonyl (C=O) groups excluding carboxylic acids is 1. The SMILES string of the molecule is CCNC(=O)CCOc1c(F)cccc1CNC. The normalized spacial score (nSPS) is 10.2. The van der Waals surface area contributed by atoms with Crippen molar-refractivity contribution in [3.8, 4) is 5.75 Å². The monoisotopic (exact) mass is 254 g/mol. The highest BCUT2D eigenvalue weighted by atomic mass is 19.1. The van der Waals surface area contributed by atoms with E-state index in [0.29, 0.717) is 13.1 Å². The van der Waals surface area contributed by atoms with Crippen molar-refractivity contribution in [1.82, 2.24) is 10.6 Å². The Labute approximate surface area is 107 Å². The fraction of sp³-hybridized carbons (Fsp3) is 0.462. The second-order valence-electron chi connectivity index (χ2n) is 3.81. The second-order valence-corrected chi connectivity index (χ2v) is 3.81. The largest absolute Gasteiger partial charge is 0.490 e. The number of amides is 1. The van der Waals surface area contributed by atoms with Crippen LogP contribution in [0.4, 0.5) is 4.39 Å². The lowest BCUT2D eigenvalue weighted by molar-refractivity contribution is -0.121. The van der Waals surface area contributed by atoms with Gasteiger partial charge < -0.3 is 15.4 Å². The van der Waals surface area contributed by atoms with Crippen molar-refractivity contribution in [2.45, 2.75) is 19.9 Å². The molecule has 0 aromatic heterocycles. The maximum atomic E-state index is 13.6. The van der Waals surface area contributed by atoms with Gasteiger partial charge in [0.2, 0.25) is 5.91 Å². The third-order valence-electron chi connectivity index (χ3n) is 2.37. The Hall–Kier alpha value is -1.62. The lowest BCUT2D eigenvalue weighted by atomic mass is 10.2. The Kier molecular flexibility index (Phi) is 6.14. The predicted octanol–water partition coefficient (Wildman–Crippen LogP) is 1.45. The van der Waals surface area contributed by atoms with E-state index >= 15 is 0 Å². The minimum atomic E-state index is -0.404. The number of hydrogen-bond donors (Lipinski definition) is 2. The Morgan fingerprint density at radius 2 is 2.22 bits per heavy atom. The van der Waals surface area contributed by atoms with Crippen LogP contribution in [0, 0.1) is 5.82 Å². The van der Waals surface area contributed by atoms with E-state index in [1.54, 1.807) is 19.2 Å². The molecule has 1 aromatic rings. The maximum absolute atomic E-state index is 13.6. The van der Waals surface area contributed by atoms with Crippen LogP contribution in [0.1, 0.15) is 18.9 Å². The molecule has 0 aliphatic heterocycles. The molecule has 0 spiro atoms. The number of carbonyl (C=O) groups is 1. The van der Waals surface area contributed by atoms with E-state index in [0.717, 1.165) is 5.56 Å². The number of benzene rings is 1. The van der Waals surface area contributed by atoms with Gasteiger partial charge in [-0.3, -0.25) is 4.79 Å². The van der Waals surface area contributed by atoms with Crippen molar-refractivity contribution in [2.24, 2.45) is 0 Å². The highest BCUT2D eigenvalue weighted by molar-refractivity contribution is 5.75. The van der Waals surface area contributed by atoms with Crippen LogP contribution in [0.3, 0.4) is 0 Å². The molecule has 2 N–H and O–H groups in total. The van der Waals surface area contributed by atoms with Gasteiger partial charge >= 0.3 is 0 Å². The van der Waals surface area contributed by atoms with E-state index in [2.05, 4.69) is 10.6 Å². The highest BCUT2D eigenvalue weighted by Crippen LogP contribution is 2.22. The molecule has 0 radical (unpaired) electrons. The zero-order valence-electron chi connectivity index (χ0n) is 10.8. The van der Waals surface area contributed by atoms with Gasteiger partial charge in [0.05, 0.1) is 13.0 Å².